The van der Waals surface area contributed by atoms with Crippen molar-refractivity contribution in [3.8, 4) is 5.75 Å². The lowest BCUT2D eigenvalue weighted by atomic mass is 10.2. The quantitative estimate of drug-likeness (QED) is 0.505. The van der Waals surface area contributed by atoms with Crippen LogP contribution in [-0.4, -0.2) is 23.7 Å². The average molecular weight is 353 g/mol. The highest BCUT2D eigenvalue weighted by atomic mass is 32.1. The van der Waals surface area contributed by atoms with Gasteiger partial charge in [-0.15, -0.1) is 0 Å². The van der Waals surface area contributed by atoms with Gasteiger partial charge >= 0.3 is 0 Å². The van der Waals surface area contributed by atoms with E-state index < -0.39 is 0 Å². The first-order chi connectivity index (χ1) is 12.1. The van der Waals surface area contributed by atoms with E-state index in [1.807, 2.05) is 50.2 Å². The number of hydrogen-bond acceptors (Lipinski definition) is 5. The van der Waals surface area contributed by atoms with Gasteiger partial charge < -0.3 is 4.74 Å². The number of aromatic nitrogens is 1. The third-order valence-corrected chi connectivity index (χ3v) is 4.52. The van der Waals surface area contributed by atoms with Gasteiger partial charge in [0.05, 0.1) is 23.0 Å². The van der Waals surface area contributed by atoms with Gasteiger partial charge in [-0.05, 0) is 61.4 Å². The summed E-state index contributed by atoms with van der Waals surface area (Å²) < 4.78 is 6.46. The molecule has 0 aliphatic rings. The molecule has 0 atom stereocenters. The fourth-order valence-electron chi connectivity index (χ4n) is 2.32. The third kappa shape index (κ3) is 4.03. The summed E-state index contributed by atoms with van der Waals surface area (Å²) in [7, 11) is 0. The molecule has 0 bridgehead atoms. The minimum absolute atomic E-state index is 0.182. The molecule has 0 aliphatic carbocycles. The Labute approximate surface area is 150 Å². The second kappa shape index (κ2) is 7.44. The number of benzene rings is 2. The Morgan fingerprint density at radius 1 is 1.28 bits per heavy atom. The van der Waals surface area contributed by atoms with Crippen LogP contribution >= 0.6 is 11.3 Å². The molecule has 0 radical (unpaired) electrons. The second-order valence-electron chi connectivity index (χ2n) is 5.55. The molecule has 0 aliphatic heterocycles. The number of hydrogen-bond donors (Lipinski definition) is 0. The number of aryl methyl sites for hydroxylation is 1. The summed E-state index contributed by atoms with van der Waals surface area (Å²) in [6, 6.07) is 13.6. The molecule has 3 aromatic rings. The van der Waals surface area contributed by atoms with E-state index in [-0.39, 0.29) is 5.91 Å². The van der Waals surface area contributed by atoms with Crippen LogP contribution in [-0.2, 0) is 4.79 Å². The first kappa shape index (κ1) is 17.1. The molecule has 0 spiro atoms. The number of amides is 1. The number of carbonyl (C=O) groups excluding carboxylic acids is 1. The Bertz CT molecular complexity index is 916. The van der Waals surface area contributed by atoms with E-state index >= 15 is 0 Å². The van der Waals surface area contributed by atoms with Crippen molar-refractivity contribution < 1.29 is 9.53 Å². The van der Waals surface area contributed by atoms with Crippen LogP contribution < -0.4 is 9.75 Å². The van der Waals surface area contributed by atoms with Crippen LogP contribution in [0.25, 0.3) is 10.2 Å². The number of thiazole rings is 1. The molecule has 0 N–H and O–H groups in total. The molecule has 0 fully saturated rings. The van der Waals surface area contributed by atoms with Crippen LogP contribution in [0.4, 0.5) is 5.13 Å². The number of carbonyl (C=O) groups is 1. The predicted octanol–water partition coefficient (Wildman–Crippen LogP) is 4.39. The standard InChI is InChI=1S/C19H19N3O2S/c1-4-24-16-8-6-15(7-9-16)12-20-22(14(3)23)19-21-17-10-5-13(2)11-18(17)25-19/h5-12H,4H2,1-3H3/b20-12+. The molecular formula is C19H19N3O2S. The van der Waals surface area contributed by atoms with Crippen molar-refractivity contribution >= 4 is 38.8 Å². The fourth-order valence-corrected chi connectivity index (χ4v) is 3.38. The van der Waals surface area contributed by atoms with Gasteiger partial charge in [-0.1, -0.05) is 17.4 Å². The smallest absolute Gasteiger partial charge is 0.246 e. The molecule has 0 unspecified atom stereocenters. The van der Waals surface area contributed by atoms with Crippen LogP contribution in [0.3, 0.4) is 0 Å². The molecule has 0 saturated heterocycles. The number of nitrogens with zero attached hydrogens (tertiary/aromatic N) is 3. The predicted molar refractivity (Wildman–Crippen MR) is 103 cm³/mol. The number of hydrazone groups is 1. The Balaban J connectivity index is 1.86. The minimum Gasteiger partial charge on any atom is -0.494 e. The maximum Gasteiger partial charge on any atom is 0.246 e. The van der Waals surface area contributed by atoms with Crippen molar-refractivity contribution in [2.24, 2.45) is 5.10 Å². The maximum atomic E-state index is 12.0. The van der Waals surface area contributed by atoms with Crippen LogP contribution in [0.5, 0.6) is 5.75 Å². The molecule has 3 rings (SSSR count). The van der Waals surface area contributed by atoms with Crippen molar-refractivity contribution in [3.63, 3.8) is 0 Å². The van der Waals surface area contributed by atoms with Gasteiger partial charge in [0, 0.05) is 6.92 Å². The van der Waals surface area contributed by atoms with E-state index in [0.717, 1.165) is 27.1 Å². The summed E-state index contributed by atoms with van der Waals surface area (Å²) >= 11 is 1.45. The second-order valence-corrected chi connectivity index (χ2v) is 6.55. The first-order valence-corrected chi connectivity index (χ1v) is 8.83. The SMILES string of the molecule is CCOc1ccc(/C=N/N(C(C)=O)c2nc3ccc(C)cc3s2)cc1. The highest BCUT2D eigenvalue weighted by Gasteiger charge is 2.15. The van der Waals surface area contributed by atoms with Gasteiger partial charge in [-0.2, -0.15) is 10.1 Å². The van der Waals surface area contributed by atoms with Crippen LogP contribution in [0.15, 0.2) is 47.6 Å². The first-order valence-electron chi connectivity index (χ1n) is 8.01. The minimum atomic E-state index is -0.182. The maximum absolute atomic E-state index is 12.0. The molecule has 5 nitrogen and oxygen atoms in total. The van der Waals surface area contributed by atoms with Crippen LogP contribution in [0, 0.1) is 6.92 Å². The molecule has 1 amide bonds. The van der Waals surface area contributed by atoms with Gasteiger partial charge in [0.1, 0.15) is 5.75 Å². The van der Waals surface area contributed by atoms with Gasteiger partial charge in [0.2, 0.25) is 11.0 Å². The molecule has 1 aromatic heterocycles. The summed E-state index contributed by atoms with van der Waals surface area (Å²) in [5.41, 5.74) is 2.91. The third-order valence-electron chi connectivity index (χ3n) is 3.53. The number of fused-ring (bicyclic) bond motifs is 1. The molecule has 128 valence electrons. The fraction of sp³-hybridized carbons (Fsp3) is 0.211. The van der Waals surface area contributed by atoms with Crippen molar-refractivity contribution in [2.75, 3.05) is 11.6 Å². The molecular weight excluding hydrogens is 334 g/mol. The number of anilines is 1. The van der Waals surface area contributed by atoms with Crippen LogP contribution in [0.1, 0.15) is 25.0 Å². The Morgan fingerprint density at radius 2 is 2.04 bits per heavy atom. The monoisotopic (exact) mass is 353 g/mol. The summed E-state index contributed by atoms with van der Waals surface area (Å²) in [6.07, 6.45) is 1.65. The highest BCUT2D eigenvalue weighted by molar-refractivity contribution is 7.22. The largest absolute Gasteiger partial charge is 0.494 e. The molecule has 0 saturated carbocycles. The van der Waals surface area contributed by atoms with E-state index in [2.05, 4.69) is 16.2 Å². The molecule has 1 heterocycles. The Hall–Kier alpha value is -2.73. The van der Waals surface area contributed by atoms with Crippen molar-refractivity contribution in [2.45, 2.75) is 20.8 Å². The lowest BCUT2D eigenvalue weighted by Crippen LogP contribution is -2.22. The van der Waals surface area contributed by atoms with Crippen molar-refractivity contribution in [1.29, 1.82) is 0 Å². The van der Waals surface area contributed by atoms with Crippen molar-refractivity contribution in [1.82, 2.24) is 4.98 Å². The van der Waals surface area contributed by atoms with E-state index in [0.29, 0.717) is 11.7 Å². The lowest BCUT2D eigenvalue weighted by molar-refractivity contribution is -0.116. The van der Waals surface area contributed by atoms with E-state index in [4.69, 9.17) is 4.74 Å². The Morgan fingerprint density at radius 3 is 2.72 bits per heavy atom. The lowest BCUT2D eigenvalue weighted by Gasteiger charge is -2.10. The van der Waals surface area contributed by atoms with E-state index in [1.165, 1.54) is 23.3 Å². The van der Waals surface area contributed by atoms with Crippen LogP contribution in [0.2, 0.25) is 0 Å². The normalized spacial score (nSPS) is 11.2. The molecule has 2 aromatic carbocycles. The molecule has 6 heteroatoms. The van der Waals surface area contributed by atoms with E-state index in [9.17, 15) is 4.79 Å². The average Bonchev–Trinajstić information content (AvgIpc) is 2.99. The Kier molecular flexibility index (Phi) is 5.09. The zero-order chi connectivity index (χ0) is 17.8. The summed E-state index contributed by atoms with van der Waals surface area (Å²) in [6.45, 7) is 6.08. The number of rotatable bonds is 5. The van der Waals surface area contributed by atoms with Crippen molar-refractivity contribution in [3.05, 3.63) is 53.6 Å². The highest BCUT2D eigenvalue weighted by Crippen LogP contribution is 2.29. The summed E-state index contributed by atoms with van der Waals surface area (Å²) in [5, 5.41) is 6.22. The van der Waals surface area contributed by atoms with Gasteiger partial charge in [-0.3, -0.25) is 4.79 Å². The van der Waals surface area contributed by atoms with Gasteiger partial charge in [0.25, 0.3) is 0 Å². The van der Waals surface area contributed by atoms with Gasteiger partial charge in [-0.25, -0.2) is 4.98 Å². The number of ether oxygens (including phenoxy) is 1. The molecule has 25 heavy (non-hydrogen) atoms. The van der Waals surface area contributed by atoms with Gasteiger partial charge in [0.15, 0.2) is 0 Å². The zero-order valence-corrected chi connectivity index (χ0v) is 15.2. The summed E-state index contributed by atoms with van der Waals surface area (Å²) in [5.74, 6) is 0.627. The topological polar surface area (TPSA) is 54.8 Å². The summed E-state index contributed by atoms with van der Waals surface area (Å²) in [4.78, 5) is 16.5. The van der Waals surface area contributed by atoms with E-state index in [1.54, 1.807) is 6.21 Å². The zero-order valence-electron chi connectivity index (χ0n) is 14.4.